The van der Waals surface area contributed by atoms with Crippen molar-refractivity contribution in [2.45, 2.75) is 52.4 Å². The van der Waals surface area contributed by atoms with E-state index in [0.717, 1.165) is 0 Å². The maximum Gasteiger partial charge on any atom is 0.224 e. The summed E-state index contributed by atoms with van der Waals surface area (Å²) in [5, 5.41) is 6.95. The van der Waals surface area contributed by atoms with Crippen molar-refractivity contribution in [3.05, 3.63) is 70.9 Å². The number of rotatable bonds is 1. The third-order valence-corrected chi connectivity index (χ3v) is 8.34. The van der Waals surface area contributed by atoms with Crippen LogP contribution in [0.15, 0.2) is 48.7 Å². The van der Waals surface area contributed by atoms with E-state index >= 15 is 0 Å². The molecule has 1 aliphatic rings. The molecule has 0 atom stereocenters. The van der Waals surface area contributed by atoms with Crippen LogP contribution in [0.5, 0.6) is 0 Å². The summed E-state index contributed by atoms with van der Waals surface area (Å²) in [6.45, 7) is 6.83. The van der Waals surface area contributed by atoms with Crippen molar-refractivity contribution in [3.63, 3.8) is 0 Å². The van der Waals surface area contributed by atoms with E-state index in [0.29, 0.717) is 5.92 Å². The Bertz CT molecular complexity index is 1710. The fourth-order valence-electron chi connectivity index (χ4n) is 6.63. The molecule has 0 amide bonds. The van der Waals surface area contributed by atoms with Crippen LogP contribution in [0.25, 0.3) is 49.0 Å². The topological polar surface area (TPSA) is 8.29 Å². The van der Waals surface area contributed by atoms with Gasteiger partial charge in [0, 0.05) is 16.8 Å². The second-order valence-corrected chi connectivity index (χ2v) is 10.2. The molecule has 3 heterocycles. The SMILES string of the molecule is Cc1cc2c3cccc(C)c3n3c4cc(C5CCCC5)cc5cc[n+](C)c(c(c1C)c23)c54. The van der Waals surface area contributed by atoms with Gasteiger partial charge in [0.2, 0.25) is 5.52 Å². The first-order valence-corrected chi connectivity index (χ1v) is 12.1. The van der Waals surface area contributed by atoms with Crippen molar-refractivity contribution < 1.29 is 4.57 Å². The first kappa shape index (κ1) is 18.4. The van der Waals surface area contributed by atoms with E-state index in [1.807, 2.05) is 0 Å². The zero-order valence-electron chi connectivity index (χ0n) is 19.4. The van der Waals surface area contributed by atoms with Crippen molar-refractivity contribution in [3.8, 4) is 0 Å². The Balaban J connectivity index is 1.86. The molecule has 0 saturated heterocycles. The van der Waals surface area contributed by atoms with Crippen LogP contribution in [0, 0.1) is 20.8 Å². The first-order valence-electron chi connectivity index (χ1n) is 12.1. The molecule has 3 aromatic heterocycles. The van der Waals surface area contributed by atoms with E-state index in [4.69, 9.17) is 0 Å². The van der Waals surface area contributed by atoms with Crippen LogP contribution in [0.1, 0.15) is 53.9 Å². The quantitative estimate of drug-likeness (QED) is 0.150. The van der Waals surface area contributed by atoms with Gasteiger partial charge in [0.15, 0.2) is 6.20 Å². The number of aromatic nitrogens is 2. The molecule has 0 spiro atoms. The molecule has 1 aliphatic carbocycles. The normalized spacial score (nSPS) is 15.5. The van der Waals surface area contributed by atoms with Crippen molar-refractivity contribution in [2.75, 3.05) is 0 Å². The van der Waals surface area contributed by atoms with Gasteiger partial charge in [-0.25, -0.2) is 4.57 Å². The Kier molecular flexibility index (Phi) is 3.59. The molecular weight excluding hydrogens is 388 g/mol. The minimum Gasteiger partial charge on any atom is -0.307 e. The molecule has 3 aromatic carbocycles. The fraction of sp³-hybridized carbons (Fsp3) is 0.300. The molecule has 158 valence electrons. The number of hydrogen-bond donors (Lipinski definition) is 0. The van der Waals surface area contributed by atoms with Gasteiger partial charge in [-0.2, -0.15) is 0 Å². The van der Waals surface area contributed by atoms with Gasteiger partial charge < -0.3 is 4.40 Å². The fourth-order valence-corrected chi connectivity index (χ4v) is 6.63. The number of nitrogens with zero attached hydrogens (tertiary/aromatic N) is 2. The minimum atomic E-state index is 0.702. The van der Waals surface area contributed by atoms with Crippen molar-refractivity contribution in [2.24, 2.45) is 7.05 Å². The molecule has 32 heavy (non-hydrogen) atoms. The summed E-state index contributed by atoms with van der Waals surface area (Å²) < 4.78 is 4.95. The predicted molar refractivity (Wildman–Crippen MR) is 135 cm³/mol. The number of aryl methyl sites for hydroxylation is 4. The second kappa shape index (κ2) is 6.22. The molecule has 1 fully saturated rings. The largest absolute Gasteiger partial charge is 0.307 e. The van der Waals surface area contributed by atoms with Gasteiger partial charge in [-0.3, -0.25) is 0 Å². The zero-order valence-corrected chi connectivity index (χ0v) is 19.4. The van der Waals surface area contributed by atoms with Crippen LogP contribution in [0.3, 0.4) is 0 Å². The molecule has 0 radical (unpaired) electrons. The molecule has 0 N–H and O–H groups in total. The summed E-state index contributed by atoms with van der Waals surface area (Å²) in [5.74, 6) is 0.702. The predicted octanol–water partition coefficient (Wildman–Crippen LogP) is 7.40. The van der Waals surface area contributed by atoms with Gasteiger partial charge in [-0.1, -0.05) is 37.1 Å². The first-order chi connectivity index (χ1) is 15.5. The number of hydrogen-bond acceptors (Lipinski definition) is 0. The van der Waals surface area contributed by atoms with Gasteiger partial charge in [0.05, 0.1) is 27.3 Å². The minimum absolute atomic E-state index is 0.702. The van der Waals surface area contributed by atoms with Crippen molar-refractivity contribution in [1.29, 1.82) is 0 Å². The number of benzene rings is 3. The highest BCUT2D eigenvalue weighted by atomic mass is 15.0. The molecule has 6 aromatic rings. The zero-order chi connectivity index (χ0) is 21.7. The summed E-state index contributed by atoms with van der Waals surface area (Å²) in [6.07, 6.45) is 7.65. The Labute approximate surface area is 188 Å². The molecular formula is C30H29N2+. The lowest BCUT2D eigenvalue weighted by molar-refractivity contribution is -0.643. The van der Waals surface area contributed by atoms with E-state index in [1.165, 1.54) is 96.9 Å². The lowest BCUT2D eigenvalue weighted by Crippen LogP contribution is -2.29. The summed E-state index contributed by atoms with van der Waals surface area (Å²) in [6, 6.07) is 16.6. The molecule has 0 unspecified atom stereocenters. The maximum absolute atomic E-state index is 2.61. The Hall–Kier alpha value is -3.13. The van der Waals surface area contributed by atoms with Crippen LogP contribution in [0.2, 0.25) is 0 Å². The highest BCUT2D eigenvalue weighted by Gasteiger charge is 2.27. The van der Waals surface area contributed by atoms with Crippen LogP contribution in [0.4, 0.5) is 0 Å². The van der Waals surface area contributed by atoms with Crippen LogP contribution >= 0.6 is 0 Å². The summed E-state index contributed by atoms with van der Waals surface area (Å²) in [7, 11) is 2.21. The molecule has 0 bridgehead atoms. The van der Waals surface area contributed by atoms with Gasteiger partial charge in [-0.05, 0) is 79.3 Å². The van der Waals surface area contributed by atoms with Crippen molar-refractivity contribution in [1.82, 2.24) is 4.40 Å². The monoisotopic (exact) mass is 417 g/mol. The smallest absolute Gasteiger partial charge is 0.224 e. The van der Waals surface area contributed by atoms with Crippen LogP contribution < -0.4 is 4.57 Å². The van der Waals surface area contributed by atoms with Crippen molar-refractivity contribution >= 4 is 49.0 Å². The average molecular weight is 418 g/mol. The summed E-state index contributed by atoms with van der Waals surface area (Å²) in [5.41, 5.74) is 11.1. The standard InChI is InChI=1S/C30H29N2/c1-17-8-7-11-23-24-14-18(2)19(3)26-29(24)32(28(17)23)25-16-22(20-9-5-6-10-20)15-21-12-13-31(4)30(26)27(21)25/h7-8,11-16,20H,5-6,9-10H2,1-4H3/q+1. The molecule has 0 aliphatic heterocycles. The van der Waals surface area contributed by atoms with E-state index < -0.39 is 0 Å². The molecule has 2 nitrogen and oxygen atoms in total. The molecule has 2 heteroatoms. The van der Waals surface area contributed by atoms with Crippen LogP contribution in [-0.2, 0) is 7.05 Å². The second-order valence-electron chi connectivity index (χ2n) is 10.2. The van der Waals surface area contributed by atoms with E-state index in [-0.39, 0.29) is 0 Å². The highest BCUT2D eigenvalue weighted by molar-refractivity contribution is 6.26. The van der Waals surface area contributed by atoms with Gasteiger partial charge in [0.1, 0.15) is 7.05 Å². The molecule has 1 saturated carbocycles. The van der Waals surface area contributed by atoms with E-state index in [2.05, 4.69) is 85.4 Å². The Morgan fingerprint density at radius 1 is 0.844 bits per heavy atom. The highest BCUT2D eigenvalue weighted by Crippen LogP contribution is 2.44. The van der Waals surface area contributed by atoms with E-state index in [1.54, 1.807) is 0 Å². The van der Waals surface area contributed by atoms with Crippen LogP contribution in [-0.4, -0.2) is 4.40 Å². The van der Waals surface area contributed by atoms with E-state index in [9.17, 15) is 0 Å². The number of para-hydroxylation sites is 1. The molecule has 7 rings (SSSR count). The lowest BCUT2D eigenvalue weighted by atomic mass is 9.92. The third kappa shape index (κ3) is 2.18. The Morgan fingerprint density at radius 2 is 1.66 bits per heavy atom. The van der Waals surface area contributed by atoms with Gasteiger partial charge in [0.25, 0.3) is 0 Å². The van der Waals surface area contributed by atoms with Gasteiger partial charge in [-0.15, -0.1) is 0 Å². The van der Waals surface area contributed by atoms with Gasteiger partial charge >= 0.3 is 0 Å². The number of fused-ring (bicyclic) bond motifs is 5. The maximum atomic E-state index is 2.61. The summed E-state index contributed by atoms with van der Waals surface area (Å²) >= 11 is 0. The number of pyridine rings is 2. The average Bonchev–Trinajstić information content (AvgIpc) is 3.43. The summed E-state index contributed by atoms with van der Waals surface area (Å²) in [4.78, 5) is 0. The lowest BCUT2D eigenvalue weighted by Gasteiger charge is -2.17. The third-order valence-electron chi connectivity index (χ3n) is 8.34. The Morgan fingerprint density at radius 3 is 2.47 bits per heavy atom.